The van der Waals surface area contributed by atoms with E-state index in [4.69, 9.17) is 0 Å². The summed E-state index contributed by atoms with van der Waals surface area (Å²) < 4.78 is 25.6. The first-order valence-corrected chi connectivity index (χ1v) is 9.42. The number of carbonyl (C=O) groups excluding carboxylic acids is 3. The Kier molecular flexibility index (Phi) is 4.10. The lowest BCUT2D eigenvalue weighted by Crippen LogP contribution is -2.46. The molecule has 9 nitrogen and oxygen atoms in total. The van der Waals surface area contributed by atoms with Gasteiger partial charge in [-0.3, -0.25) is 14.5 Å². The fourth-order valence-corrected chi connectivity index (χ4v) is 5.40. The molecule has 130 valence electrons. The standard InChI is InChI=1S/C13H16N4O5S2/c1-15-7-11(19)17(13(15)20)6-10(18)14-8-5-16(2)24(21,22)9-3-4-23-12(8)9/h3-4,8H,5-7H2,1-2H3,(H,14,18)/t8-/m1/s1. The van der Waals surface area contributed by atoms with Gasteiger partial charge in [-0.05, 0) is 11.4 Å². The minimum absolute atomic E-state index is 0.0500. The van der Waals surface area contributed by atoms with E-state index in [-0.39, 0.29) is 24.5 Å². The van der Waals surface area contributed by atoms with Crippen molar-refractivity contribution in [3.8, 4) is 0 Å². The Morgan fingerprint density at radius 2 is 2.08 bits per heavy atom. The van der Waals surface area contributed by atoms with Crippen LogP contribution in [0.2, 0.25) is 0 Å². The van der Waals surface area contributed by atoms with E-state index in [1.807, 2.05) is 0 Å². The van der Waals surface area contributed by atoms with Gasteiger partial charge in [0.15, 0.2) is 0 Å². The minimum Gasteiger partial charge on any atom is -0.346 e. The van der Waals surface area contributed by atoms with Gasteiger partial charge in [0.05, 0.1) is 10.9 Å². The zero-order valence-corrected chi connectivity index (χ0v) is 14.7. The highest BCUT2D eigenvalue weighted by Crippen LogP contribution is 2.35. The molecule has 0 aromatic carbocycles. The van der Waals surface area contributed by atoms with Gasteiger partial charge < -0.3 is 10.2 Å². The summed E-state index contributed by atoms with van der Waals surface area (Å²) in [6, 6.07) is 0.481. The third kappa shape index (κ3) is 2.68. The number of carbonyl (C=O) groups is 3. The number of amides is 4. The fourth-order valence-electron chi connectivity index (χ4n) is 2.70. The van der Waals surface area contributed by atoms with Crippen LogP contribution in [0, 0.1) is 0 Å². The average molecular weight is 372 g/mol. The average Bonchev–Trinajstić information content (AvgIpc) is 3.07. The number of nitrogens with zero attached hydrogens (tertiary/aromatic N) is 3. The Morgan fingerprint density at radius 1 is 1.38 bits per heavy atom. The Morgan fingerprint density at radius 3 is 2.71 bits per heavy atom. The highest BCUT2D eigenvalue weighted by atomic mass is 32.2. The van der Waals surface area contributed by atoms with Crippen LogP contribution in [0.3, 0.4) is 0 Å². The number of hydrogen-bond donors (Lipinski definition) is 1. The van der Waals surface area contributed by atoms with Crippen molar-refractivity contribution in [2.45, 2.75) is 10.9 Å². The van der Waals surface area contributed by atoms with Crippen LogP contribution in [0.4, 0.5) is 4.79 Å². The number of likely N-dealkylation sites (N-methyl/N-ethyl adjacent to an activating group) is 2. The predicted octanol–water partition coefficient (Wildman–Crippen LogP) is -0.566. The highest BCUT2D eigenvalue weighted by Gasteiger charge is 2.38. The number of urea groups is 1. The summed E-state index contributed by atoms with van der Waals surface area (Å²) in [6.45, 7) is -0.329. The van der Waals surface area contributed by atoms with E-state index in [1.165, 1.54) is 40.7 Å². The van der Waals surface area contributed by atoms with Crippen LogP contribution in [-0.4, -0.2) is 74.1 Å². The summed E-state index contributed by atoms with van der Waals surface area (Å²) in [6.07, 6.45) is 0. The summed E-state index contributed by atoms with van der Waals surface area (Å²) in [7, 11) is -0.601. The second-order valence-electron chi connectivity index (χ2n) is 5.67. The quantitative estimate of drug-likeness (QED) is 0.716. The van der Waals surface area contributed by atoms with Gasteiger partial charge in [0.2, 0.25) is 15.9 Å². The normalized spacial score (nSPS) is 23.5. The Bertz CT molecular complexity index is 818. The molecule has 0 saturated carbocycles. The molecule has 3 rings (SSSR count). The van der Waals surface area contributed by atoms with Crippen molar-refractivity contribution in [1.29, 1.82) is 0 Å². The maximum Gasteiger partial charge on any atom is 0.327 e. The van der Waals surface area contributed by atoms with Crippen LogP contribution in [-0.2, 0) is 19.6 Å². The SMILES string of the molecule is CN1CC(=O)N(CC(=O)N[C@@H]2CN(C)S(=O)(=O)c3ccsc32)C1=O. The monoisotopic (exact) mass is 372 g/mol. The molecule has 0 bridgehead atoms. The summed E-state index contributed by atoms with van der Waals surface area (Å²) in [4.78, 5) is 38.6. The van der Waals surface area contributed by atoms with Gasteiger partial charge in [0.25, 0.3) is 5.91 Å². The van der Waals surface area contributed by atoms with Gasteiger partial charge in [-0.25, -0.2) is 13.2 Å². The molecular formula is C13H16N4O5S2. The highest BCUT2D eigenvalue weighted by molar-refractivity contribution is 7.89. The van der Waals surface area contributed by atoms with Crippen LogP contribution in [0.5, 0.6) is 0 Å². The number of thiophene rings is 1. The van der Waals surface area contributed by atoms with E-state index in [9.17, 15) is 22.8 Å². The van der Waals surface area contributed by atoms with Crippen molar-refractivity contribution < 1.29 is 22.8 Å². The van der Waals surface area contributed by atoms with E-state index in [0.717, 1.165) is 4.90 Å². The maximum atomic E-state index is 12.2. The molecule has 2 aliphatic rings. The first kappa shape index (κ1) is 16.9. The van der Waals surface area contributed by atoms with Crippen molar-refractivity contribution in [2.75, 3.05) is 33.7 Å². The zero-order valence-electron chi connectivity index (χ0n) is 13.1. The molecule has 24 heavy (non-hydrogen) atoms. The Labute approximate surface area is 142 Å². The smallest absolute Gasteiger partial charge is 0.327 e. The van der Waals surface area contributed by atoms with Crippen LogP contribution < -0.4 is 5.32 Å². The van der Waals surface area contributed by atoms with Crippen molar-refractivity contribution in [3.05, 3.63) is 16.3 Å². The van der Waals surface area contributed by atoms with E-state index in [2.05, 4.69) is 5.32 Å². The van der Waals surface area contributed by atoms with Crippen molar-refractivity contribution in [3.63, 3.8) is 0 Å². The number of fused-ring (bicyclic) bond motifs is 1. The number of imide groups is 1. The summed E-state index contributed by atoms with van der Waals surface area (Å²) in [5.41, 5.74) is 0. The van der Waals surface area contributed by atoms with Crippen molar-refractivity contribution >= 4 is 39.2 Å². The maximum absolute atomic E-state index is 12.2. The summed E-state index contributed by atoms with van der Waals surface area (Å²) in [5.74, 6) is -0.943. The van der Waals surface area contributed by atoms with Gasteiger partial charge >= 0.3 is 6.03 Å². The molecule has 0 aliphatic carbocycles. The van der Waals surface area contributed by atoms with Gasteiger partial charge in [-0.15, -0.1) is 11.3 Å². The molecular weight excluding hydrogens is 356 g/mol. The summed E-state index contributed by atoms with van der Waals surface area (Å²) in [5, 5.41) is 4.37. The van der Waals surface area contributed by atoms with E-state index < -0.39 is 33.9 Å². The van der Waals surface area contributed by atoms with Crippen LogP contribution in [0.25, 0.3) is 0 Å². The number of hydrogen-bond acceptors (Lipinski definition) is 6. The van der Waals surface area contributed by atoms with Crippen molar-refractivity contribution in [2.24, 2.45) is 0 Å². The molecule has 1 fully saturated rings. The zero-order chi connectivity index (χ0) is 17.6. The molecule has 1 aromatic rings. The molecule has 1 atom stereocenters. The molecule has 1 N–H and O–H groups in total. The van der Waals surface area contributed by atoms with Crippen LogP contribution >= 0.6 is 11.3 Å². The van der Waals surface area contributed by atoms with Crippen LogP contribution in [0.15, 0.2) is 16.3 Å². The second kappa shape index (κ2) is 5.83. The van der Waals surface area contributed by atoms with E-state index >= 15 is 0 Å². The van der Waals surface area contributed by atoms with Gasteiger partial charge in [0, 0.05) is 25.5 Å². The molecule has 0 spiro atoms. The third-order valence-corrected chi connectivity index (χ3v) is 7.01. The Balaban J connectivity index is 1.74. The minimum atomic E-state index is -3.53. The number of nitrogens with one attached hydrogen (secondary N) is 1. The second-order valence-corrected chi connectivity index (χ2v) is 8.63. The van der Waals surface area contributed by atoms with E-state index in [0.29, 0.717) is 4.88 Å². The largest absolute Gasteiger partial charge is 0.346 e. The van der Waals surface area contributed by atoms with E-state index in [1.54, 1.807) is 5.38 Å². The third-order valence-electron chi connectivity index (χ3n) is 3.97. The molecule has 11 heteroatoms. The molecule has 4 amide bonds. The first-order chi connectivity index (χ1) is 11.2. The first-order valence-electron chi connectivity index (χ1n) is 7.10. The predicted molar refractivity (Wildman–Crippen MR) is 84.8 cm³/mol. The van der Waals surface area contributed by atoms with Gasteiger partial charge in [-0.1, -0.05) is 0 Å². The Hall–Kier alpha value is -1.98. The van der Waals surface area contributed by atoms with Gasteiger partial charge in [0.1, 0.15) is 13.1 Å². The molecule has 3 heterocycles. The lowest BCUT2D eigenvalue weighted by molar-refractivity contribution is -0.131. The topological polar surface area (TPSA) is 107 Å². The number of rotatable bonds is 3. The van der Waals surface area contributed by atoms with Crippen LogP contribution in [0.1, 0.15) is 10.9 Å². The summed E-state index contributed by atoms with van der Waals surface area (Å²) >= 11 is 1.25. The van der Waals surface area contributed by atoms with Crippen molar-refractivity contribution in [1.82, 2.24) is 19.4 Å². The molecule has 0 unspecified atom stereocenters. The molecule has 1 aromatic heterocycles. The molecule has 2 aliphatic heterocycles. The lowest BCUT2D eigenvalue weighted by atomic mass is 10.2. The number of sulfonamides is 1. The van der Waals surface area contributed by atoms with Gasteiger partial charge in [-0.2, -0.15) is 4.31 Å². The lowest BCUT2D eigenvalue weighted by Gasteiger charge is -2.30. The molecule has 1 saturated heterocycles. The fraction of sp³-hybridized carbons (Fsp3) is 0.462. The molecule has 0 radical (unpaired) electrons.